The topological polar surface area (TPSA) is 84.4 Å². The second-order valence-electron chi connectivity index (χ2n) is 3.89. The molecule has 0 bridgehead atoms. The summed E-state index contributed by atoms with van der Waals surface area (Å²) in [5.74, 6) is 0.0433. The zero-order valence-electron chi connectivity index (χ0n) is 10.2. The summed E-state index contributed by atoms with van der Waals surface area (Å²) < 4.78 is 1.99. The van der Waals surface area contributed by atoms with Gasteiger partial charge in [-0.25, -0.2) is 9.97 Å². The first kappa shape index (κ1) is 12.9. The maximum Gasteiger partial charge on any atom is 0.172 e. The third-order valence-electron chi connectivity index (χ3n) is 2.61. The highest BCUT2D eigenvalue weighted by Crippen LogP contribution is 2.34. The van der Waals surface area contributed by atoms with Crippen molar-refractivity contribution in [3.8, 4) is 0 Å². The first-order valence-corrected chi connectivity index (χ1v) is 7.37. The number of rotatable bonds is 3. The average Bonchev–Trinajstić information content (AvgIpc) is 2.89. The van der Waals surface area contributed by atoms with Gasteiger partial charge in [-0.2, -0.15) is 0 Å². The number of oxime groups is 1. The number of aromatic nitrogens is 2. The fourth-order valence-corrected chi connectivity index (χ4v) is 3.77. The van der Waals surface area contributed by atoms with Crippen molar-refractivity contribution in [3.63, 3.8) is 0 Å². The van der Waals surface area contributed by atoms with E-state index in [0.29, 0.717) is 10.6 Å². The smallest absolute Gasteiger partial charge is 0.172 e. The highest BCUT2D eigenvalue weighted by atomic mass is 32.2. The predicted molar refractivity (Wildman–Crippen MR) is 80.5 cm³/mol. The Morgan fingerprint density at radius 1 is 1.25 bits per heavy atom. The standard InChI is InChI=1S/C13H10N4OS2/c14-11(17-18)8-4-3-7-15-12(8)20-13-16-9-5-1-2-6-10(9)19-13/h1-7,18H,(H2,14,17). The molecule has 0 radical (unpaired) electrons. The van der Waals surface area contributed by atoms with E-state index < -0.39 is 0 Å². The Kier molecular flexibility index (Phi) is 3.53. The van der Waals surface area contributed by atoms with E-state index in [-0.39, 0.29) is 5.84 Å². The van der Waals surface area contributed by atoms with Crippen molar-refractivity contribution in [3.05, 3.63) is 48.2 Å². The van der Waals surface area contributed by atoms with Crippen molar-refractivity contribution in [2.75, 3.05) is 0 Å². The van der Waals surface area contributed by atoms with Crippen molar-refractivity contribution in [1.82, 2.24) is 9.97 Å². The molecule has 0 spiro atoms. The number of thiazole rings is 1. The van der Waals surface area contributed by atoms with Crippen LogP contribution in [0.4, 0.5) is 0 Å². The molecule has 3 rings (SSSR count). The molecule has 0 aliphatic heterocycles. The predicted octanol–water partition coefficient (Wildman–Crippen LogP) is 2.94. The molecule has 100 valence electrons. The number of hydrogen-bond donors (Lipinski definition) is 2. The van der Waals surface area contributed by atoms with Gasteiger partial charge in [0.2, 0.25) is 0 Å². The van der Waals surface area contributed by atoms with Crippen molar-refractivity contribution in [2.45, 2.75) is 9.37 Å². The van der Waals surface area contributed by atoms with Crippen LogP contribution in [0, 0.1) is 0 Å². The lowest BCUT2D eigenvalue weighted by Gasteiger charge is -2.03. The fraction of sp³-hybridized carbons (Fsp3) is 0. The van der Waals surface area contributed by atoms with Crippen LogP contribution in [0.3, 0.4) is 0 Å². The van der Waals surface area contributed by atoms with E-state index in [1.54, 1.807) is 29.7 Å². The zero-order valence-corrected chi connectivity index (χ0v) is 11.9. The number of hydrogen-bond acceptors (Lipinski definition) is 6. The Hall–Kier alpha value is -2.12. The van der Waals surface area contributed by atoms with Gasteiger partial charge in [0.05, 0.1) is 15.8 Å². The summed E-state index contributed by atoms with van der Waals surface area (Å²) in [6.07, 6.45) is 1.67. The minimum atomic E-state index is 0.0433. The minimum Gasteiger partial charge on any atom is -0.409 e. The molecule has 5 nitrogen and oxygen atoms in total. The van der Waals surface area contributed by atoms with Crippen LogP contribution in [-0.4, -0.2) is 21.0 Å². The maximum absolute atomic E-state index is 8.81. The van der Waals surface area contributed by atoms with Crippen molar-refractivity contribution in [2.24, 2.45) is 10.9 Å². The van der Waals surface area contributed by atoms with Crippen LogP contribution < -0.4 is 5.73 Å². The first-order valence-electron chi connectivity index (χ1n) is 5.74. The van der Waals surface area contributed by atoms with E-state index in [2.05, 4.69) is 15.1 Å². The van der Waals surface area contributed by atoms with Gasteiger partial charge in [0.1, 0.15) is 5.03 Å². The molecule has 0 amide bonds. The molecule has 3 aromatic rings. The lowest BCUT2D eigenvalue weighted by Crippen LogP contribution is -2.14. The van der Waals surface area contributed by atoms with E-state index in [4.69, 9.17) is 10.9 Å². The van der Waals surface area contributed by atoms with Gasteiger partial charge in [0.25, 0.3) is 0 Å². The Morgan fingerprint density at radius 2 is 2.10 bits per heavy atom. The maximum atomic E-state index is 8.81. The van der Waals surface area contributed by atoms with Gasteiger partial charge in [-0.05, 0) is 36.0 Å². The Balaban J connectivity index is 1.99. The number of pyridine rings is 1. The minimum absolute atomic E-state index is 0.0433. The molecule has 0 atom stereocenters. The lowest BCUT2D eigenvalue weighted by atomic mass is 10.3. The molecular weight excluding hydrogens is 292 g/mol. The fourth-order valence-electron chi connectivity index (χ4n) is 1.70. The van der Waals surface area contributed by atoms with Gasteiger partial charge in [0.15, 0.2) is 10.2 Å². The summed E-state index contributed by atoms with van der Waals surface area (Å²) in [7, 11) is 0. The van der Waals surface area contributed by atoms with Gasteiger partial charge in [-0.1, -0.05) is 17.3 Å². The molecule has 20 heavy (non-hydrogen) atoms. The molecule has 0 aliphatic rings. The van der Waals surface area contributed by atoms with Crippen LogP contribution in [0.15, 0.2) is 57.1 Å². The molecule has 0 saturated heterocycles. The Labute approximate surface area is 123 Å². The summed E-state index contributed by atoms with van der Waals surface area (Å²) >= 11 is 3.00. The SMILES string of the molecule is N/C(=N\O)c1cccnc1Sc1nc2ccccc2s1. The van der Waals surface area contributed by atoms with Gasteiger partial charge in [0, 0.05) is 6.20 Å². The molecule has 0 saturated carbocycles. The summed E-state index contributed by atoms with van der Waals surface area (Å²) in [6.45, 7) is 0. The van der Waals surface area contributed by atoms with Crippen LogP contribution in [-0.2, 0) is 0 Å². The van der Waals surface area contributed by atoms with Gasteiger partial charge in [-0.3, -0.25) is 0 Å². The van der Waals surface area contributed by atoms with E-state index >= 15 is 0 Å². The van der Waals surface area contributed by atoms with Crippen molar-refractivity contribution in [1.29, 1.82) is 0 Å². The van der Waals surface area contributed by atoms with Crippen LogP contribution in [0.1, 0.15) is 5.56 Å². The third kappa shape index (κ3) is 2.45. The molecule has 2 heterocycles. The van der Waals surface area contributed by atoms with Crippen molar-refractivity contribution < 1.29 is 5.21 Å². The molecule has 7 heteroatoms. The van der Waals surface area contributed by atoms with E-state index in [9.17, 15) is 0 Å². The van der Waals surface area contributed by atoms with Crippen molar-refractivity contribution >= 4 is 39.2 Å². The summed E-state index contributed by atoms with van der Waals surface area (Å²) in [5, 5.41) is 12.5. The summed E-state index contributed by atoms with van der Waals surface area (Å²) in [4.78, 5) is 8.80. The van der Waals surface area contributed by atoms with E-state index in [1.165, 1.54) is 11.8 Å². The van der Waals surface area contributed by atoms with Crippen LogP contribution >= 0.6 is 23.1 Å². The molecule has 3 N–H and O–H groups in total. The first-order chi connectivity index (χ1) is 9.78. The number of para-hydroxylation sites is 1. The zero-order chi connectivity index (χ0) is 13.9. The number of benzene rings is 1. The van der Waals surface area contributed by atoms with Crippen LogP contribution in [0.25, 0.3) is 10.2 Å². The highest BCUT2D eigenvalue weighted by molar-refractivity contribution is 8.01. The molecule has 0 aliphatic carbocycles. The second-order valence-corrected chi connectivity index (χ2v) is 6.16. The van der Waals surface area contributed by atoms with Crippen LogP contribution in [0.5, 0.6) is 0 Å². The van der Waals surface area contributed by atoms with Gasteiger partial charge in [-0.15, -0.1) is 11.3 Å². The van der Waals surface area contributed by atoms with Gasteiger partial charge >= 0.3 is 0 Å². The number of amidine groups is 1. The third-order valence-corrected chi connectivity index (χ3v) is 4.73. The Bertz CT molecular complexity index is 752. The summed E-state index contributed by atoms with van der Waals surface area (Å²) in [6, 6.07) is 11.4. The normalized spacial score (nSPS) is 11.9. The number of nitrogens with two attached hydrogens (primary N) is 1. The molecule has 0 fully saturated rings. The average molecular weight is 302 g/mol. The number of nitrogens with zero attached hydrogens (tertiary/aromatic N) is 3. The highest BCUT2D eigenvalue weighted by Gasteiger charge is 2.12. The second kappa shape index (κ2) is 5.48. The monoisotopic (exact) mass is 302 g/mol. The lowest BCUT2D eigenvalue weighted by molar-refractivity contribution is 0.318. The summed E-state index contributed by atoms with van der Waals surface area (Å²) in [5.41, 5.74) is 7.21. The Morgan fingerprint density at radius 3 is 2.90 bits per heavy atom. The molecule has 0 unspecified atom stereocenters. The van der Waals surface area contributed by atoms with Crippen LogP contribution in [0.2, 0.25) is 0 Å². The molecule has 1 aromatic carbocycles. The largest absolute Gasteiger partial charge is 0.409 e. The molecule has 2 aromatic heterocycles. The molecular formula is C13H10N4OS2. The van der Waals surface area contributed by atoms with Gasteiger partial charge < -0.3 is 10.9 Å². The quantitative estimate of drug-likeness (QED) is 0.336. The van der Waals surface area contributed by atoms with E-state index in [1.807, 2.05) is 24.3 Å². The van der Waals surface area contributed by atoms with E-state index in [0.717, 1.165) is 14.6 Å². The number of fused-ring (bicyclic) bond motifs is 1.